The van der Waals surface area contributed by atoms with Crippen molar-refractivity contribution in [1.29, 1.82) is 0 Å². The number of carbonyl (C=O) groups is 1. The van der Waals surface area contributed by atoms with Crippen LogP contribution < -0.4 is 5.32 Å². The van der Waals surface area contributed by atoms with Gasteiger partial charge >= 0.3 is 0 Å². The molecule has 0 spiro atoms. The van der Waals surface area contributed by atoms with Gasteiger partial charge < -0.3 is 10.2 Å². The van der Waals surface area contributed by atoms with E-state index in [1.54, 1.807) is 4.90 Å². The predicted molar refractivity (Wildman–Crippen MR) is 92.8 cm³/mol. The van der Waals surface area contributed by atoms with Crippen LogP contribution in [0.1, 0.15) is 18.0 Å². The number of hydrogen-bond acceptors (Lipinski definition) is 4. The molecule has 1 amide bonds. The van der Waals surface area contributed by atoms with Crippen LogP contribution in [0.4, 0.5) is 0 Å². The summed E-state index contributed by atoms with van der Waals surface area (Å²) in [5.41, 5.74) is 0.908. The Balaban J connectivity index is 0.00000192. The molecule has 2 unspecified atom stereocenters. The first-order chi connectivity index (χ1) is 10.5. The van der Waals surface area contributed by atoms with Crippen LogP contribution in [-0.4, -0.2) is 50.4 Å². The first kappa shape index (κ1) is 18.5. The van der Waals surface area contributed by atoms with E-state index in [-0.39, 0.29) is 35.9 Å². The zero-order valence-corrected chi connectivity index (χ0v) is 15.0. The zero-order valence-electron chi connectivity index (χ0n) is 12.6. The minimum Gasteiger partial charge on any atom is -0.333 e. The van der Waals surface area contributed by atoms with Gasteiger partial charge in [-0.2, -0.15) is 0 Å². The normalized spacial score (nSPS) is 26.6. The van der Waals surface area contributed by atoms with Gasteiger partial charge in [0.1, 0.15) is 0 Å². The quantitative estimate of drug-likeness (QED) is 0.849. The highest BCUT2D eigenvalue weighted by molar-refractivity contribution is 7.91. The van der Waals surface area contributed by atoms with Gasteiger partial charge in [-0.25, -0.2) is 8.42 Å². The summed E-state index contributed by atoms with van der Waals surface area (Å²) in [6.07, 6.45) is 0.431. The zero-order chi connectivity index (χ0) is 15.7. The van der Waals surface area contributed by atoms with Crippen molar-refractivity contribution in [3.63, 3.8) is 0 Å². The molecule has 23 heavy (non-hydrogen) atoms. The molecule has 5 nitrogen and oxygen atoms in total. The van der Waals surface area contributed by atoms with Crippen molar-refractivity contribution < 1.29 is 13.2 Å². The molecule has 1 N–H and O–H groups in total. The van der Waals surface area contributed by atoms with Crippen molar-refractivity contribution >= 4 is 39.8 Å². The van der Waals surface area contributed by atoms with E-state index in [2.05, 4.69) is 5.32 Å². The second-order valence-corrected chi connectivity index (χ2v) is 8.51. The number of benzene rings is 1. The lowest BCUT2D eigenvalue weighted by atomic mass is 10.00. The fourth-order valence-corrected chi connectivity index (χ4v) is 5.21. The molecule has 0 radical (unpaired) electrons. The monoisotopic (exact) mass is 378 g/mol. The number of sulfone groups is 1. The van der Waals surface area contributed by atoms with Gasteiger partial charge in [0.25, 0.3) is 0 Å². The third kappa shape index (κ3) is 3.99. The molecule has 1 aromatic carbocycles. The Morgan fingerprint density at radius 2 is 2.04 bits per heavy atom. The Bertz CT molecular complexity index is 681. The summed E-state index contributed by atoms with van der Waals surface area (Å²) in [6.45, 7) is 1.92. The summed E-state index contributed by atoms with van der Waals surface area (Å²) < 4.78 is 23.3. The summed E-state index contributed by atoms with van der Waals surface area (Å²) in [5, 5.41) is 3.91. The topological polar surface area (TPSA) is 66.5 Å². The lowest BCUT2D eigenvalue weighted by Crippen LogP contribution is -2.50. The number of amides is 1. The van der Waals surface area contributed by atoms with Crippen molar-refractivity contribution in [2.45, 2.75) is 12.5 Å². The van der Waals surface area contributed by atoms with E-state index in [1.807, 2.05) is 24.3 Å². The lowest BCUT2D eigenvalue weighted by molar-refractivity contribution is -0.138. The molecule has 0 bridgehead atoms. The van der Waals surface area contributed by atoms with Crippen molar-refractivity contribution in [3.05, 3.63) is 34.9 Å². The van der Waals surface area contributed by atoms with Crippen LogP contribution in [0.5, 0.6) is 0 Å². The Kier molecular flexibility index (Phi) is 5.94. The third-order valence-corrected chi connectivity index (χ3v) is 6.48. The minimum absolute atomic E-state index is 0. The molecule has 2 fully saturated rings. The molecule has 2 heterocycles. The van der Waals surface area contributed by atoms with Crippen molar-refractivity contribution in [1.82, 2.24) is 10.2 Å². The van der Waals surface area contributed by atoms with E-state index in [1.165, 1.54) is 0 Å². The van der Waals surface area contributed by atoms with E-state index in [0.29, 0.717) is 31.1 Å². The summed E-state index contributed by atoms with van der Waals surface area (Å²) >= 11 is 6.27. The molecule has 8 heteroatoms. The molecular formula is C15H20Cl2N2O3S. The van der Waals surface area contributed by atoms with Crippen LogP contribution in [0.3, 0.4) is 0 Å². The molecule has 2 aliphatic rings. The van der Waals surface area contributed by atoms with Crippen LogP contribution >= 0.6 is 24.0 Å². The van der Waals surface area contributed by atoms with Crippen molar-refractivity contribution in [2.24, 2.45) is 5.92 Å². The summed E-state index contributed by atoms with van der Waals surface area (Å²) in [5.74, 6) is -0.377. The minimum atomic E-state index is -3.06. The Hall–Kier alpha value is -0.820. The smallest absolute Gasteiger partial charge is 0.227 e. The number of nitrogens with zero attached hydrogens (tertiary/aromatic N) is 1. The van der Waals surface area contributed by atoms with Gasteiger partial charge in [-0.1, -0.05) is 29.8 Å². The number of hydrogen-bond donors (Lipinski definition) is 1. The maximum Gasteiger partial charge on any atom is 0.227 e. The fraction of sp³-hybridized carbons (Fsp3) is 0.533. The number of nitrogens with one attached hydrogen (secondary N) is 1. The summed E-state index contributed by atoms with van der Waals surface area (Å²) in [4.78, 5) is 14.6. The number of piperazine rings is 1. The number of carbonyl (C=O) groups excluding carboxylic acids is 1. The average Bonchev–Trinajstić information content (AvgIpc) is 2.87. The Labute approximate surface area is 147 Å². The molecule has 2 saturated heterocycles. The molecule has 3 rings (SSSR count). The summed E-state index contributed by atoms with van der Waals surface area (Å²) in [6, 6.07) is 7.36. The van der Waals surface area contributed by atoms with Crippen LogP contribution in [0.25, 0.3) is 0 Å². The highest BCUT2D eigenvalue weighted by Crippen LogP contribution is 2.31. The molecule has 2 aliphatic heterocycles. The average molecular weight is 379 g/mol. The predicted octanol–water partition coefficient (Wildman–Crippen LogP) is 1.67. The molecule has 0 aliphatic carbocycles. The molecule has 1 aromatic rings. The standard InChI is InChI=1S/C15H19ClN2O3S.ClH/c16-13-4-2-1-3-12(13)14-9-17-6-7-18(14)15(19)11-5-8-22(20,21)10-11;/h1-4,11,14,17H,5-10H2;1H. The molecule has 128 valence electrons. The van der Waals surface area contributed by atoms with Gasteiger partial charge in [-0.05, 0) is 18.1 Å². The van der Waals surface area contributed by atoms with Gasteiger partial charge in [-0.3, -0.25) is 4.79 Å². The molecule has 0 aromatic heterocycles. The molecule has 0 saturated carbocycles. The van der Waals surface area contributed by atoms with Gasteiger partial charge in [0, 0.05) is 24.7 Å². The fourth-order valence-electron chi connectivity index (χ4n) is 3.22. The Morgan fingerprint density at radius 3 is 2.70 bits per heavy atom. The van der Waals surface area contributed by atoms with Gasteiger partial charge in [0.15, 0.2) is 9.84 Å². The molecular weight excluding hydrogens is 359 g/mol. The van der Waals surface area contributed by atoms with Crippen LogP contribution in [-0.2, 0) is 14.6 Å². The summed E-state index contributed by atoms with van der Waals surface area (Å²) in [7, 11) is -3.06. The van der Waals surface area contributed by atoms with Gasteiger partial charge in [0.2, 0.25) is 5.91 Å². The van der Waals surface area contributed by atoms with E-state index in [4.69, 9.17) is 11.6 Å². The largest absolute Gasteiger partial charge is 0.333 e. The van der Waals surface area contributed by atoms with E-state index >= 15 is 0 Å². The van der Waals surface area contributed by atoms with Crippen molar-refractivity contribution in [2.75, 3.05) is 31.1 Å². The first-order valence-electron chi connectivity index (χ1n) is 7.44. The Morgan fingerprint density at radius 1 is 1.30 bits per heavy atom. The number of halogens is 2. The highest BCUT2D eigenvalue weighted by atomic mass is 35.5. The van der Waals surface area contributed by atoms with Gasteiger partial charge in [0.05, 0.1) is 23.5 Å². The highest BCUT2D eigenvalue weighted by Gasteiger charge is 2.38. The number of rotatable bonds is 2. The lowest BCUT2D eigenvalue weighted by Gasteiger charge is -2.38. The van der Waals surface area contributed by atoms with Crippen LogP contribution in [0.2, 0.25) is 5.02 Å². The maximum absolute atomic E-state index is 12.8. The van der Waals surface area contributed by atoms with E-state index < -0.39 is 15.8 Å². The third-order valence-electron chi connectivity index (χ3n) is 4.37. The van der Waals surface area contributed by atoms with Crippen LogP contribution in [0, 0.1) is 5.92 Å². The maximum atomic E-state index is 12.8. The molecule has 2 atom stereocenters. The van der Waals surface area contributed by atoms with Crippen LogP contribution in [0.15, 0.2) is 24.3 Å². The first-order valence-corrected chi connectivity index (χ1v) is 9.64. The second-order valence-electron chi connectivity index (χ2n) is 5.87. The van der Waals surface area contributed by atoms with Crippen molar-refractivity contribution in [3.8, 4) is 0 Å². The second kappa shape index (κ2) is 7.38. The SMILES string of the molecule is Cl.O=C(C1CCS(=O)(=O)C1)N1CCNCC1c1ccccc1Cl. The van der Waals surface area contributed by atoms with E-state index in [0.717, 1.165) is 5.56 Å². The van der Waals surface area contributed by atoms with E-state index in [9.17, 15) is 13.2 Å². The van der Waals surface area contributed by atoms with Gasteiger partial charge in [-0.15, -0.1) is 12.4 Å².